The molecule has 0 aliphatic heterocycles. The van der Waals surface area contributed by atoms with Crippen molar-refractivity contribution in [3.63, 3.8) is 0 Å². The molecule has 0 unspecified atom stereocenters. The zero-order valence-electron chi connectivity index (χ0n) is 12.4. The summed E-state index contributed by atoms with van der Waals surface area (Å²) in [5.41, 5.74) is 3.16. The minimum absolute atomic E-state index is 0.113. The standard InChI is InChI=1S/C17H16N2O3/c1-11(20)9-12-7-8-14(16(10-12)21-2)19-17-18-13-5-3-4-6-15(13)22-17/h3-8,10H,9H2,1-2H3,(H,18,19). The fourth-order valence-electron chi connectivity index (χ4n) is 2.28. The molecule has 3 aromatic rings. The van der Waals surface area contributed by atoms with E-state index in [1.54, 1.807) is 14.0 Å². The zero-order valence-corrected chi connectivity index (χ0v) is 12.4. The molecular weight excluding hydrogens is 280 g/mol. The van der Waals surface area contributed by atoms with Gasteiger partial charge >= 0.3 is 0 Å². The molecule has 0 fully saturated rings. The van der Waals surface area contributed by atoms with Gasteiger partial charge in [0.2, 0.25) is 0 Å². The van der Waals surface area contributed by atoms with Crippen LogP contribution in [0.3, 0.4) is 0 Å². The third-order valence-electron chi connectivity index (χ3n) is 3.25. The quantitative estimate of drug-likeness (QED) is 0.777. The number of methoxy groups -OCH3 is 1. The molecule has 0 aliphatic carbocycles. The Morgan fingerprint density at radius 2 is 2.09 bits per heavy atom. The fourth-order valence-corrected chi connectivity index (χ4v) is 2.28. The van der Waals surface area contributed by atoms with Crippen LogP contribution in [0.2, 0.25) is 0 Å². The Kier molecular flexibility index (Phi) is 3.78. The summed E-state index contributed by atoms with van der Waals surface area (Å²) < 4.78 is 11.0. The van der Waals surface area contributed by atoms with Crippen LogP contribution in [-0.4, -0.2) is 17.9 Å². The molecule has 0 spiro atoms. The monoisotopic (exact) mass is 296 g/mol. The van der Waals surface area contributed by atoms with E-state index in [2.05, 4.69) is 10.3 Å². The molecule has 112 valence electrons. The number of hydrogen-bond acceptors (Lipinski definition) is 5. The number of carbonyl (C=O) groups is 1. The van der Waals surface area contributed by atoms with Gasteiger partial charge in [0, 0.05) is 6.42 Å². The summed E-state index contributed by atoms with van der Waals surface area (Å²) in [5, 5.41) is 3.11. The molecule has 22 heavy (non-hydrogen) atoms. The highest BCUT2D eigenvalue weighted by Crippen LogP contribution is 2.30. The number of nitrogens with one attached hydrogen (secondary N) is 1. The third-order valence-corrected chi connectivity index (χ3v) is 3.25. The molecule has 2 aromatic carbocycles. The predicted octanol–water partition coefficient (Wildman–Crippen LogP) is 3.71. The summed E-state index contributed by atoms with van der Waals surface area (Å²) in [6, 6.07) is 13.5. The summed E-state index contributed by atoms with van der Waals surface area (Å²) in [4.78, 5) is 15.6. The lowest BCUT2D eigenvalue weighted by Gasteiger charge is -2.10. The van der Waals surface area contributed by atoms with Crippen molar-refractivity contribution in [2.24, 2.45) is 0 Å². The minimum Gasteiger partial charge on any atom is -0.495 e. The largest absolute Gasteiger partial charge is 0.495 e. The normalized spacial score (nSPS) is 10.6. The lowest BCUT2D eigenvalue weighted by atomic mass is 10.1. The van der Waals surface area contributed by atoms with Gasteiger partial charge in [0.15, 0.2) is 5.58 Å². The number of aromatic nitrogens is 1. The van der Waals surface area contributed by atoms with Gasteiger partial charge in [-0.25, -0.2) is 0 Å². The van der Waals surface area contributed by atoms with Crippen LogP contribution in [0, 0.1) is 0 Å². The number of ether oxygens (including phenoxy) is 1. The van der Waals surface area contributed by atoms with Gasteiger partial charge in [-0.3, -0.25) is 4.79 Å². The maximum Gasteiger partial charge on any atom is 0.300 e. The highest BCUT2D eigenvalue weighted by Gasteiger charge is 2.10. The van der Waals surface area contributed by atoms with Gasteiger partial charge in [-0.2, -0.15) is 4.98 Å². The molecule has 0 saturated carbocycles. The number of fused-ring (bicyclic) bond motifs is 1. The highest BCUT2D eigenvalue weighted by molar-refractivity contribution is 5.79. The fraction of sp³-hybridized carbons (Fsp3) is 0.176. The number of ketones is 1. The SMILES string of the molecule is COc1cc(CC(C)=O)ccc1Nc1nc2ccccc2o1. The van der Waals surface area contributed by atoms with E-state index in [4.69, 9.17) is 9.15 Å². The van der Waals surface area contributed by atoms with E-state index in [0.29, 0.717) is 18.2 Å². The van der Waals surface area contributed by atoms with Gasteiger partial charge in [0.25, 0.3) is 6.01 Å². The van der Waals surface area contributed by atoms with Crippen molar-refractivity contribution in [1.82, 2.24) is 4.98 Å². The molecule has 0 atom stereocenters. The molecule has 0 bridgehead atoms. The number of oxazole rings is 1. The van der Waals surface area contributed by atoms with Crippen molar-refractivity contribution in [3.8, 4) is 5.75 Å². The molecular formula is C17H16N2O3. The predicted molar refractivity (Wildman–Crippen MR) is 84.7 cm³/mol. The summed E-state index contributed by atoms with van der Waals surface area (Å²) in [6.07, 6.45) is 0.388. The molecule has 3 rings (SSSR count). The Balaban J connectivity index is 1.89. The second-order valence-electron chi connectivity index (χ2n) is 5.03. The first-order valence-electron chi connectivity index (χ1n) is 6.94. The number of para-hydroxylation sites is 2. The van der Waals surface area contributed by atoms with E-state index in [-0.39, 0.29) is 5.78 Å². The smallest absolute Gasteiger partial charge is 0.300 e. The van der Waals surface area contributed by atoms with Crippen LogP contribution in [-0.2, 0) is 11.2 Å². The second kappa shape index (κ2) is 5.89. The van der Waals surface area contributed by atoms with Gasteiger partial charge in [0.1, 0.15) is 17.0 Å². The van der Waals surface area contributed by atoms with Crippen LogP contribution in [0.15, 0.2) is 46.9 Å². The van der Waals surface area contributed by atoms with E-state index in [1.807, 2.05) is 42.5 Å². The van der Waals surface area contributed by atoms with Crippen LogP contribution in [0.25, 0.3) is 11.1 Å². The van der Waals surface area contributed by atoms with Crippen LogP contribution in [0.5, 0.6) is 5.75 Å². The average molecular weight is 296 g/mol. The van der Waals surface area contributed by atoms with E-state index in [1.165, 1.54) is 0 Å². The summed E-state index contributed by atoms with van der Waals surface area (Å²) >= 11 is 0. The molecule has 1 heterocycles. The number of hydrogen-bond donors (Lipinski definition) is 1. The number of rotatable bonds is 5. The number of carbonyl (C=O) groups excluding carboxylic acids is 1. The molecule has 0 amide bonds. The van der Waals surface area contributed by atoms with E-state index in [9.17, 15) is 4.79 Å². The Morgan fingerprint density at radius 1 is 1.27 bits per heavy atom. The topological polar surface area (TPSA) is 64.4 Å². The average Bonchev–Trinajstić information content (AvgIpc) is 2.90. The van der Waals surface area contributed by atoms with Gasteiger partial charge < -0.3 is 14.5 Å². The van der Waals surface area contributed by atoms with Crippen LogP contribution < -0.4 is 10.1 Å². The molecule has 1 aromatic heterocycles. The van der Waals surface area contributed by atoms with Crippen molar-refractivity contribution in [1.29, 1.82) is 0 Å². The van der Waals surface area contributed by atoms with Crippen molar-refractivity contribution in [3.05, 3.63) is 48.0 Å². The molecule has 1 N–H and O–H groups in total. The zero-order chi connectivity index (χ0) is 15.5. The van der Waals surface area contributed by atoms with Gasteiger partial charge in [-0.05, 0) is 36.8 Å². The second-order valence-corrected chi connectivity index (χ2v) is 5.03. The Labute approximate surface area is 127 Å². The number of Topliss-reactive ketones (excluding diaryl/α,β-unsaturated/α-hetero) is 1. The van der Waals surface area contributed by atoms with Crippen molar-refractivity contribution in [2.75, 3.05) is 12.4 Å². The minimum atomic E-state index is 0.113. The lowest BCUT2D eigenvalue weighted by molar-refractivity contribution is -0.116. The van der Waals surface area contributed by atoms with Crippen LogP contribution >= 0.6 is 0 Å². The summed E-state index contributed by atoms with van der Waals surface area (Å²) in [6.45, 7) is 1.57. The van der Waals surface area contributed by atoms with Crippen molar-refractivity contribution < 1.29 is 13.9 Å². The van der Waals surface area contributed by atoms with Crippen molar-refractivity contribution >= 4 is 28.6 Å². The molecule has 5 nitrogen and oxygen atoms in total. The first kappa shape index (κ1) is 14.1. The molecule has 0 aliphatic rings. The van der Waals surface area contributed by atoms with Gasteiger partial charge in [-0.1, -0.05) is 18.2 Å². The number of benzene rings is 2. The highest BCUT2D eigenvalue weighted by atomic mass is 16.5. The van der Waals surface area contributed by atoms with E-state index in [0.717, 1.165) is 22.4 Å². The van der Waals surface area contributed by atoms with Gasteiger partial charge in [0.05, 0.1) is 12.8 Å². The van der Waals surface area contributed by atoms with Gasteiger partial charge in [-0.15, -0.1) is 0 Å². The third kappa shape index (κ3) is 2.93. The first-order chi connectivity index (χ1) is 10.7. The lowest BCUT2D eigenvalue weighted by Crippen LogP contribution is -1.99. The first-order valence-corrected chi connectivity index (χ1v) is 6.94. The maximum atomic E-state index is 11.2. The molecule has 5 heteroatoms. The number of anilines is 2. The van der Waals surface area contributed by atoms with Crippen molar-refractivity contribution in [2.45, 2.75) is 13.3 Å². The van der Waals surface area contributed by atoms with Crippen LogP contribution in [0.1, 0.15) is 12.5 Å². The summed E-state index contributed by atoms with van der Waals surface area (Å²) in [7, 11) is 1.59. The molecule has 0 saturated heterocycles. The Hall–Kier alpha value is -2.82. The number of nitrogens with zero attached hydrogens (tertiary/aromatic N) is 1. The Bertz CT molecular complexity index is 791. The summed E-state index contributed by atoms with van der Waals surface area (Å²) in [5.74, 6) is 0.753. The maximum absolute atomic E-state index is 11.2. The van der Waals surface area contributed by atoms with Crippen LogP contribution in [0.4, 0.5) is 11.7 Å². The van der Waals surface area contributed by atoms with E-state index >= 15 is 0 Å². The molecule has 0 radical (unpaired) electrons. The Morgan fingerprint density at radius 3 is 2.82 bits per heavy atom. The van der Waals surface area contributed by atoms with E-state index < -0.39 is 0 Å².